The van der Waals surface area contributed by atoms with Gasteiger partial charge in [0.1, 0.15) is 0 Å². The van der Waals surface area contributed by atoms with Gasteiger partial charge >= 0.3 is 0 Å². The molecule has 0 fully saturated rings. The summed E-state index contributed by atoms with van der Waals surface area (Å²) in [4.78, 5) is 0. The molecule has 0 saturated carbocycles. The minimum Gasteiger partial charge on any atom is -0.0712 e. The Hall–Kier alpha value is -1.50. The van der Waals surface area contributed by atoms with Crippen LogP contribution in [0.2, 0.25) is 10.6 Å². The second-order valence-electron chi connectivity index (χ2n) is 12.3. The normalized spacial score (nSPS) is 12.9. The van der Waals surface area contributed by atoms with Gasteiger partial charge in [0.25, 0.3) is 0 Å². The maximum Gasteiger partial charge on any atom is 0.187 e. The molecule has 0 aliphatic rings. The summed E-state index contributed by atoms with van der Waals surface area (Å²) in [5.41, 5.74) is 8.89. The Labute approximate surface area is 188 Å². The van der Waals surface area contributed by atoms with Crippen molar-refractivity contribution in [2.75, 3.05) is 0 Å². The van der Waals surface area contributed by atoms with Gasteiger partial charge in [-0.2, -0.15) is 0 Å². The maximum absolute atomic E-state index is 2.48. The van der Waals surface area contributed by atoms with Crippen molar-refractivity contribution in [1.29, 1.82) is 0 Å². The first-order chi connectivity index (χ1) is 13.7. The van der Waals surface area contributed by atoms with E-state index in [1.54, 1.807) is 0 Å². The largest absolute Gasteiger partial charge is 0.187 e. The van der Waals surface area contributed by atoms with E-state index in [4.69, 9.17) is 0 Å². The summed E-state index contributed by atoms with van der Waals surface area (Å²) in [6.45, 7) is 28.9. The summed E-state index contributed by atoms with van der Waals surface area (Å²) in [7, 11) is 0. The van der Waals surface area contributed by atoms with E-state index in [1.165, 1.54) is 33.3 Å². The maximum atomic E-state index is 2.48. The molecule has 2 aromatic rings. The molecule has 0 N–H and O–H groups in total. The molecule has 164 valence electrons. The quantitative estimate of drug-likeness (QED) is 0.436. The van der Waals surface area contributed by atoms with Gasteiger partial charge in [0.15, 0.2) is 6.71 Å². The molecule has 0 aliphatic carbocycles. The van der Waals surface area contributed by atoms with Gasteiger partial charge in [-0.3, -0.25) is 0 Å². The minimum absolute atomic E-state index is 0.183. The third-order valence-electron chi connectivity index (χ3n) is 6.41. The van der Waals surface area contributed by atoms with Crippen molar-refractivity contribution < 1.29 is 0 Å². The average Bonchev–Trinajstić information content (AvgIpc) is 2.58. The lowest BCUT2D eigenvalue weighted by molar-refractivity contribution is 0.653. The molecule has 0 aliphatic heterocycles. The fourth-order valence-electron chi connectivity index (χ4n) is 5.48. The summed E-state index contributed by atoms with van der Waals surface area (Å²) in [6, 6.07) is 14.2. The first kappa shape index (κ1) is 24.8. The van der Waals surface area contributed by atoms with Crippen LogP contribution in [0.1, 0.15) is 118 Å². The number of rotatable bonds is 5. The molecule has 0 unspecified atom stereocenters. The summed E-state index contributed by atoms with van der Waals surface area (Å²) in [5, 5.41) is 0.366. The molecule has 0 radical (unpaired) electrons. The van der Waals surface area contributed by atoms with Crippen LogP contribution in [0.3, 0.4) is 0 Å². The first-order valence-electron chi connectivity index (χ1n) is 11.9. The van der Waals surface area contributed by atoms with E-state index in [2.05, 4.69) is 119 Å². The Balaban J connectivity index is 2.96. The Morgan fingerprint density at radius 1 is 0.633 bits per heavy atom. The van der Waals surface area contributed by atoms with Crippen LogP contribution in [0, 0.1) is 0 Å². The molecule has 30 heavy (non-hydrogen) atoms. The fourth-order valence-corrected chi connectivity index (χ4v) is 5.48. The van der Waals surface area contributed by atoms with Gasteiger partial charge in [0, 0.05) is 0 Å². The summed E-state index contributed by atoms with van der Waals surface area (Å²) < 4.78 is 0. The van der Waals surface area contributed by atoms with Gasteiger partial charge in [0.05, 0.1) is 0 Å². The highest BCUT2D eigenvalue weighted by Gasteiger charge is 2.41. The molecule has 0 atom stereocenters. The van der Waals surface area contributed by atoms with Crippen molar-refractivity contribution >= 4 is 12.2 Å². The monoisotopic (exact) mass is 404 g/mol. The van der Waals surface area contributed by atoms with Crippen molar-refractivity contribution in [3.05, 3.63) is 53.1 Å². The highest BCUT2D eigenvalue weighted by Crippen LogP contribution is 2.44. The van der Waals surface area contributed by atoms with Gasteiger partial charge in [0.2, 0.25) is 0 Å². The molecular formula is C29H45B. The lowest BCUT2D eigenvalue weighted by Crippen LogP contribution is -2.46. The van der Waals surface area contributed by atoms with E-state index >= 15 is 0 Å². The molecule has 0 aromatic heterocycles. The SMILES string of the molecule is CC(C)c1cc(C(C)C)c(-c2ccccc2B(C(C)(C)C)C(C)(C)C)c(C(C)C)c1. The van der Waals surface area contributed by atoms with Crippen LogP contribution in [-0.4, -0.2) is 6.71 Å². The van der Waals surface area contributed by atoms with Crippen molar-refractivity contribution in [3.8, 4) is 11.1 Å². The van der Waals surface area contributed by atoms with Crippen LogP contribution in [0.4, 0.5) is 0 Å². The topological polar surface area (TPSA) is 0 Å². The Bertz CT molecular complexity index is 814. The van der Waals surface area contributed by atoms with Crippen molar-refractivity contribution in [3.63, 3.8) is 0 Å². The van der Waals surface area contributed by atoms with E-state index in [0.29, 0.717) is 24.5 Å². The highest BCUT2D eigenvalue weighted by molar-refractivity contribution is 6.79. The van der Waals surface area contributed by atoms with Crippen molar-refractivity contribution in [2.45, 2.75) is 111 Å². The predicted octanol–water partition coefficient (Wildman–Crippen LogP) is 9.03. The Kier molecular flexibility index (Phi) is 7.38. The lowest BCUT2D eigenvalue weighted by Gasteiger charge is -2.39. The van der Waals surface area contributed by atoms with E-state index in [9.17, 15) is 0 Å². The summed E-state index contributed by atoms with van der Waals surface area (Å²) >= 11 is 0. The molecule has 0 saturated heterocycles. The molecule has 0 spiro atoms. The van der Waals surface area contributed by atoms with Crippen LogP contribution < -0.4 is 5.46 Å². The van der Waals surface area contributed by atoms with Crippen LogP contribution in [0.15, 0.2) is 36.4 Å². The third-order valence-corrected chi connectivity index (χ3v) is 6.41. The molecule has 2 aromatic carbocycles. The minimum atomic E-state index is 0.183. The highest BCUT2D eigenvalue weighted by atomic mass is 14.3. The molecule has 0 heterocycles. The average molecular weight is 404 g/mol. The molecule has 2 rings (SSSR count). The van der Waals surface area contributed by atoms with Crippen LogP contribution in [0.5, 0.6) is 0 Å². The van der Waals surface area contributed by atoms with Crippen LogP contribution in [0.25, 0.3) is 11.1 Å². The van der Waals surface area contributed by atoms with Crippen molar-refractivity contribution in [2.24, 2.45) is 0 Å². The summed E-state index contributed by atoms with van der Waals surface area (Å²) in [5.74, 6) is 1.53. The van der Waals surface area contributed by atoms with Crippen LogP contribution in [-0.2, 0) is 0 Å². The molecule has 0 nitrogen and oxygen atoms in total. The Morgan fingerprint density at radius 3 is 1.43 bits per heavy atom. The van der Waals surface area contributed by atoms with Gasteiger partial charge < -0.3 is 0 Å². The van der Waals surface area contributed by atoms with Gasteiger partial charge in [-0.05, 0) is 45.6 Å². The zero-order chi connectivity index (χ0) is 23.0. The smallest absolute Gasteiger partial charge is 0.0712 e. The van der Waals surface area contributed by atoms with E-state index in [0.717, 1.165) is 0 Å². The molecule has 0 amide bonds. The van der Waals surface area contributed by atoms with E-state index in [-0.39, 0.29) is 10.6 Å². The third kappa shape index (κ3) is 5.21. The van der Waals surface area contributed by atoms with E-state index < -0.39 is 0 Å². The summed E-state index contributed by atoms with van der Waals surface area (Å²) in [6.07, 6.45) is 0. The first-order valence-corrected chi connectivity index (χ1v) is 11.9. The lowest BCUT2D eigenvalue weighted by atomic mass is 9.21. The van der Waals surface area contributed by atoms with Gasteiger partial charge in [-0.1, -0.05) is 136 Å². The predicted molar refractivity (Wildman–Crippen MR) is 139 cm³/mol. The number of hydrogen-bond acceptors (Lipinski definition) is 0. The van der Waals surface area contributed by atoms with Crippen molar-refractivity contribution in [1.82, 2.24) is 0 Å². The number of hydrogen-bond donors (Lipinski definition) is 0. The zero-order valence-electron chi connectivity index (χ0n) is 21.8. The van der Waals surface area contributed by atoms with Gasteiger partial charge in [-0.15, -0.1) is 0 Å². The second kappa shape index (κ2) is 8.93. The second-order valence-corrected chi connectivity index (χ2v) is 12.3. The molecule has 1 heteroatoms. The zero-order valence-corrected chi connectivity index (χ0v) is 21.8. The standard InChI is InChI=1S/C29H45B/c1-19(2)22-17-24(20(3)4)27(25(18-22)21(5)6)23-15-13-14-16-26(23)30(28(7,8)9)29(10,11)12/h13-21H,1-12H3. The Morgan fingerprint density at radius 2 is 1.07 bits per heavy atom. The van der Waals surface area contributed by atoms with E-state index in [1.807, 2.05) is 0 Å². The van der Waals surface area contributed by atoms with Crippen LogP contribution >= 0.6 is 0 Å². The van der Waals surface area contributed by atoms with Gasteiger partial charge in [-0.25, -0.2) is 0 Å². The number of benzene rings is 2. The molecular weight excluding hydrogens is 359 g/mol. The fraction of sp³-hybridized carbons (Fsp3) is 0.586. The molecule has 0 bridgehead atoms.